The molecule has 1 aromatic heterocycles. The molecular formula is C16H22FN3O. The van der Waals surface area contributed by atoms with Crippen molar-refractivity contribution in [2.45, 2.75) is 33.3 Å². The second-order valence-electron chi connectivity index (χ2n) is 6.52. The Bertz CT molecular complexity index is 637. The average Bonchev–Trinajstić information content (AvgIpc) is 2.36. The number of halogens is 1. The summed E-state index contributed by atoms with van der Waals surface area (Å²) < 4.78 is 14.1. The number of nitrogen functional groups attached to an aromatic ring is 1. The van der Waals surface area contributed by atoms with E-state index in [0.717, 1.165) is 0 Å². The lowest BCUT2D eigenvalue weighted by Crippen LogP contribution is -2.25. The lowest BCUT2D eigenvalue weighted by Gasteiger charge is -2.23. The van der Waals surface area contributed by atoms with Crippen LogP contribution in [0.15, 0.2) is 24.4 Å². The molecule has 4 N–H and O–H groups in total. The predicted octanol–water partition coefficient (Wildman–Crippen LogP) is 3.17. The highest BCUT2D eigenvalue weighted by atomic mass is 19.1. The van der Waals surface area contributed by atoms with Gasteiger partial charge in [0.2, 0.25) is 0 Å². The summed E-state index contributed by atoms with van der Waals surface area (Å²) in [6.07, 6.45) is 1.67. The Balaban J connectivity index is 2.23. The first-order valence-corrected chi connectivity index (χ1v) is 7.02. The van der Waals surface area contributed by atoms with E-state index in [1.165, 1.54) is 6.07 Å². The Hall–Kier alpha value is -1.88. The minimum Gasteiger partial charge on any atom is -0.398 e. The van der Waals surface area contributed by atoms with Crippen molar-refractivity contribution in [3.05, 3.63) is 30.2 Å². The maximum atomic E-state index is 14.1. The van der Waals surface area contributed by atoms with Crippen LogP contribution in [0.1, 0.15) is 27.2 Å². The number of nitrogens with two attached hydrogens (primary N) is 1. The predicted molar refractivity (Wildman–Crippen MR) is 84.7 cm³/mol. The van der Waals surface area contributed by atoms with Gasteiger partial charge in [0.1, 0.15) is 0 Å². The summed E-state index contributed by atoms with van der Waals surface area (Å²) in [5.41, 5.74) is 6.95. The van der Waals surface area contributed by atoms with Crippen LogP contribution >= 0.6 is 0 Å². The molecule has 0 saturated carbocycles. The summed E-state index contributed by atoms with van der Waals surface area (Å²) in [4.78, 5) is 4.19. The standard InChI is InChI=1S/C16H22FN3O/c1-16(2,3)8-10(21)9-20-15-12(17)7-13(18)11-5-4-6-19-14(11)15/h4-7,10,20-21H,8-9,18H2,1-3H3. The highest BCUT2D eigenvalue weighted by Crippen LogP contribution is 2.30. The van der Waals surface area contributed by atoms with Crippen LogP contribution in [0.5, 0.6) is 0 Å². The molecule has 4 nitrogen and oxygen atoms in total. The number of benzene rings is 1. The van der Waals surface area contributed by atoms with Crippen molar-refractivity contribution in [1.29, 1.82) is 0 Å². The Morgan fingerprint density at radius 3 is 2.81 bits per heavy atom. The number of fused-ring (bicyclic) bond motifs is 1. The zero-order valence-electron chi connectivity index (χ0n) is 12.7. The highest BCUT2D eigenvalue weighted by Gasteiger charge is 2.18. The Labute approximate surface area is 124 Å². The topological polar surface area (TPSA) is 71.2 Å². The van der Waals surface area contributed by atoms with Crippen LogP contribution in [0.25, 0.3) is 10.9 Å². The molecule has 1 unspecified atom stereocenters. The molecule has 0 saturated heterocycles. The Morgan fingerprint density at radius 1 is 1.43 bits per heavy atom. The number of hydrogen-bond acceptors (Lipinski definition) is 4. The van der Waals surface area contributed by atoms with Crippen LogP contribution in [0.2, 0.25) is 0 Å². The molecule has 0 aliphatic carbocycles. The van der Waals surface area contributed by atoms with Crippen LogP contribution in [0.4, 0.5) is 15.8 Å². The zero-order chi connectivity index (χ0) is 15.6. The molecule has 2 aromatic rings. The molecule has 0 aliphatic rings. The smallest absolute Gasteiger partial charge is 0.150 e. The largest absolute Gasteiger partial charge is 0.398 e. The van der Waals surface area contributed by atoms with Crippen LogP contribution in [0.3, 0.4) is 0 Å². The van der Waals surface area contributed by atoms with Crippen molar-refractivity contribution in [1.82, 2.24) is 4.98 Å². The second-order valence-corrected chi connectivity index (χ2v) is 6.52. The van der Waals surface area contributed by atoms with Crippen molar-refractivity contribution in [3.8, 4) is 0 Å². The summed E-state index contributed by atoms with van der Waals surface area (Å²) in [6.45, 7) is 6.43. The van der Waals surface area contributed by atoms with Crippen molar-refractivity contribution < 1.29 is 9.50 Å². The van der Waals surface area contributed by atoms with Gasteiger partial charge in [0.15, 0.2) is 5.82 Å². The van der Waals surface area contributed by atoms with Gasteiger partial charge < -0.3 is 16.2 Å². The van der Waals surface area contributed by atoms with Gasteiger partial charge in [0, 0.05) is 23.8 Å². The second kappa shape index (κ2) is 5.85. The molecule has 2 rings (SSSR count). The number of nitrogens with one attached hydrogen (secondary N) is 1. The van der Waals surface area contributed by atoms with Gasteiger partial charge in [-0.3, -0.25) is 4.98 Å². The van der Waals surface area contributed by atoms with E-state index >= 15 is 0 Å². The summed E-state index contributed by atoms with van der Waals surface area (Å²) in [5.74, 6) is -0.457. The molecule has 5 heteroatoms. The maximum Gasteiger partial charge on any atom is 0.150 e. The quantitative estimate of drug-likeness (QED) is 0.757. The van der Waals surface area contributed by atoms with Gasteiger partial charge in [-0.25, -0.2) is 4.39 Å². The molecule has 0 aliphatic heterocycles. The van der Waals surface area contributed by atoms with E-state index in [1.807, 2.05) is 0 Å². The van der Waals surface area contributed by atoms with Gasteiger partial charge in [-0.2, -0.15) is 0 Å². The molecule has 1 heterocycles. The summed E-state index contributed by atoms with van der Waals surface area (Å²) in [5, 5.41) is 13.7. The summed E-state index contributed by atoms with van der Waals surface area (Å²) in [6, 6.07) is 4.84. The van der Waals surface area contributed by atoms with Gasteiger partial charge in [0.05, 0.1) is 17.3 Å². The number of nitrogens with zero attached hydrogens (tertiary/aromatic N) is 1. The Kier molecular flexibility index (Phi) is 4.32. The van der Waals surface area contributed by atoms with Crippen LogP contribution in [0, 0.1) is 11.2 Å². The molecule has 114 valence electrons. The molecule has 0 radical (unpaired) electrons. The van der Waals surface area contributed by atoms with E-state index < -0.39 is 11.9 Å². The van der Waals surface area contributed by atoms with Crippen molar-refractivity contribution in [3.63, 3.8) is 0 Å². The molecule has 0 amide bonds. The first kappa shape index (κ1) is 15.5. The van der Waals surface area contributed by atoms with Gasteiger partial charge in [0.25, 0.3) is 0 Å². The third-order valence-electron chi connectivity index (χ3n) is 3.24. The third kappa shape index (κ3) is 3.82. The number of pyridine rings is 1. The third-order valence-corrected chi connectivity index (χ3v) is 3.24. The molecule has 21 heavy (non-hydrogen) atoms. The molecule has 0 bridgehead atoms. The van der Waals surface area contributed by atoms with Crippen LogP contribution < -0.4 is 11.1 Å². The molecular weight excluding hydrogens is 269 g/mol. The summed E-state index contributed by atoms with van der Waals surface area (Å²) in [7, 11) is 0. The van der Waals surface area contributed by atoms with E-state index in [1.54, 1.807) is 18.3 Å². The van der Waals surface area contributed by atoms with Gasteiger partial charge in [-0.1, -0.05) is 20.8 Å². The number of anilines is 2. The minimum atomic E-state index is -0.555. The molecule has 0 spiro atoms. The SMILES string of the molecule is CC(C)(C)CC(O)CNc1c(F)cc(N)c2cccnc12. The monoisotopic (exact) mass is 291 g/mol. The van der Waals surface area contributed by atoms with E-state index in [2.05, 4.69) is 31.1 Å². The van der Waals surface area contributed by atoms with Gasteiger partial charge >= 0.3 is 0 Å². The minimum absolute atomic E-state index is 0.0150. The highest BCUT2D eigenvalue weighted by molar-refractivity contribution is 5.98. The number of rotatable bonds is 4. The van der Waals surface area contributed by atoms with E-state index in [-0.39, 0.29) is 17.6 Å². The van der Waals surface area contributed by atoms with Crippen LogP contribution in [-0.2, 0) is 0 Å². The molecule has 0 fully saturated rings. The van der Waals surface area contributed by atoms with Gasteiger partial charge in [-0.15, -0.1) is 0 Å². The van der Waals surface area contributed by atoms with Crippen molar-refractivity contribution >= 4 is 22.3 Å². The first-order valence-electron chi connectivity index (χ1n) is 7.02. The fraction of sp³-hybridized carbons (Fsp3) is 0.438. The lowest BCUT2D eigenvalue weighted by atomic mass is 9.89. The fourth-order valence-electron chi connectivity index (χ4n) is 2.40. The van der Waals surface area contributed by atoms with Crippen molar-refractivity contribution in [2.24, 2.45) is 5.41 Å². The Morgan fingerprint density at radius 2 is 2.14 bits per heavy atom. The van der Waals surface area contributed by atoms with Crippen LogP contribution in [-0.4, -0.2) is 22.7 Å². The van der Waals surface area contributed by atoms with E-state index in [9.17, 15) is 9.50 Å². The normalized spacial score (nSPS) is 13.4. The number of aromatic nitrogens is 1. The fourth-order valence-corrected chi connectivity index (χ4v) is 2.40. The lowest BCUT2D eigenvalue weighted by molar-refractivity contribution is 0.132. The first-order chi connectivity index (χ1) is 9.78. The van der Waals surface area contributed by atoms with Crippen molar-refractivity contribution in [2.75, 3.05) is 17.6 Å². The van der Waals surface area contributed by atoms with E-state index in [0.29, 0.717) is 23.0 Å². The molecule has 1 atom stereocenters. The number of aliphatic hydroxyl groups is 1. The maximum absolute atomic E-state index is 14.1. The average molecular weight is 291 g/mol. The van der Waals surface area contributed by atoms with Gasteiger partial charge in [-0.05, 0) is 30.0 Å². The zero-order valence-corrected chi connectivity index (χ0v) is 12.7. The van der Waals surface area contributed by atoms with E-state index in [4.69, 9.17) is 5.73 Å². The molecule has 1 aromatic carbocycles. The number of hydrogen-bond donors (Lipinski definition) is 3. The number of aliphatic hydroxyl groups excluding tert-OH is 1. The summed E-state index contributed by atoms with van der Waals surface area (Å²) >= 11 is 0.